The Kier molecular flexibility index (Phi) is 5.75. The van der Waals surface area contributed by atoms with Gasteiger partial charge in [0.05, 0.1) is 5.60 Å². The molecule has 2 atom stereocenters. The van der Waals surface area contributed by atoms with Crippen LogP contribution in [0, 0.1) is 0 Å². The van der Waals surface area contributed by atoms with E-state index in [0.717, 1.165) is 57.4 Å². The van der Waals surface area contributed by atoms with Gasteiger partial charge in [-0.3, -0.25) is 0 Å². The van der Waals surface area contributed by atoms with Crippen LogP contribution in [0.4, 0.5) is 0 Å². The van der Waals surface area contributed by atoms with Crippen molar-refractivity contribution in [2.24, 2.45) is 0 Å². The Balaban J connectivity index is 1.64. The highest BCUT2D eigenvalue weighted by Crippen LogP contribution is 2.55. The van der Waals surface area contributed by atoms with E-state index in [1.807, 2.05) is 18.2 Å². The molecule has 1 fully saturated rings. The standard InChI is InChI=1S/C25H33NO2/c1-2-26-17-16-24-13-6-7-14-25(24,27)15-12-21-10-11-22(18-23(21)24)28-19-20-8-4-3-5-9-20/h3-5,8-11,18,26-27H,2,6-7,12-17,19H2,1H3. The molecule has 0 aromatic heterocycles. The van der Waals surface area contributed by atoms with E-state index in [0.29, 0.717) is 6.61 Å². The van der Waals surface area contributed by atoms with E-state index in [1.54, 1.807) is 0 Å². The number of nitrogens with one attached hydrogen (secondary N) is 1. The van der Waals surface area contributed by atoms with Crippen LogP contribution in [0.5, 0.6) is 5.75 Å². The summed E-state index contributed by atoms with van der Waals surface area (Å²) in [6.07, 6.45) is 7.18. The molecule has 0 amide bonds. The Bertz CT molecular complexity index is 790. The minimum absolute atomic E-state index is 0.146. The molecule has 2 aliphatic rings. The fraction of sp³-hybridized carbons (Fsp3) is 0.520. The summed E-state index contributed by atoms with van der Waals surface area (Å²) in [5, 5.41) is 15.2. The summed E-state index contributed by atoms with van der Waals surface area (Å²) < 4.78 is 6.14. The fourth-order valence-electron chi connectivity index (χ4n) is 5.43. The maximum Gasteiger partial charge on any atom is 0.120 e. The smallest absolute Gasteiger partial charge is 0.120 e. The maximum absolute atomic E-state index is 11.7. The third-order valence-corrected chi connectivity index (χ3v) is 6.97. The quantitative estimate of drug-likeness (QED) is 0.682. The van der Waals surface area contributed by atoms with Crippen LogP contribution in [0.1, 0.15) is 62.1 Å². The first kappa shape index (κ1) is 19.5. The molecule has 0 aliphatic heterocycles. The van der Waals surface area contributed by atoms with Crippen LogP contribution in [0.3, 0.4) is 0 Å². The average Bonchev–Trinajstić information content (AvgIpc) is 2.73. The van der Waals surface area contributed by atoms with Gasteiger partial charge in [-0.15, -0.1) is 0 Å². The van der Waals surface area contributed by atoms with Gasteiger partial charge in [0, 0.05) is 5.41 Å². The summed E-state index contributed by atoms with van der Waals surface area (Å²) in [5.41, 5.74) is 3.19. The van der Waals surface area contributed by atoms with E-state index in [-0.39, 0.29) is 5.41 Å². The van der Waals surface area contributed by atoms with E-state index in [4.69, 9.17) is 4.74 Å². The predicted octanol–water partition coefficient (Wildman–Crippen LogP) is 4.75. The van der Waals surface area contributed by atoms with Gasteiger partial charge >= 0.3 is 0 Å². The van der Waals surface area contributed by atoms with Crippen molar-refractivity contribution >= 4 is 0 Å². The summed E-state index contributed by atoms with van der Waals surface area (Å²) in [4.78, 5) is 0. The summed E-state index contributed by atoms with van der Waals surface area (Å²) in [7, 11) is 0. The molecule has 3 heteroatoms. The highest BCUT2D eigenvalue weighted by molar-refractivity contribution is 5.46. The molecule has 0 saturated heterocycles. The van der Waals surface area contributed by atoms with Crippen molar-refractivity contribution in [2.75, 3.05) is 13.1 Å². The van der Waals surface area contributed by atoms with Crippen LogP contribution in [-0.2, 0) is 18.4 Å². The molecular weight excluding hydrogens is 346 g/mol. The molecule has 0 heterocycles. The molecule has 3 nitrogen and oxygen atoms in total. The SMILES string of the molecule is CCNCCC12CCCCC1(O)CCc1ccc(OCc3ccccc3)cc12. The molecule has 28 heavy (non-hydrogen) atoms. The molecule has 0 radical (unpaired) electrons. The molecule has 2 N–H and O–H groups in total. The number of aryl methyl sites for hydroxylation is 1. The number of fused-ring (bicyclic) bond motifs is 3. The van der Waals surface area contributed by atoms with Gasteiger partial charge in [-0.2, -0.15) is 0 Å². The lowest BCUT2D eigenvalue weighted by Crippen LogP contribution is -2.57. The summed E-state index contributed by atoms with van der Waals surface area (Å²) in [5.74, 6) is 0.917. The highest BCUT2D eigenvalue weighted by Gasteiger charge is 2.54. The van der Waals surface area contributed by atoms with Crippen molar-refractivity contribution in [2.45, 2.75) is 69.5 Å². The first-order valence-corrected chi connectivity index (χ1v) is 10.9. The molecule has 4 rings (SSSR count). The molecule has 2 unspecified atom stereocenters. The van der Waals surface area contributed by atoms with Crippen molar-refractivity contribution < 1.29 is 9.84 Å². The predicted molar refractivity (Wildman–Crippen MR) is 114 cm³/mol. The molecule has 150 valence electrons. The van der Waals surface area contributed by atoms with E-state index >= 15 is 0 Å². The van der Waals surface area contributed by atoms with Gasteiger partial charge in [-0.1, -0.05) is 56.2 Å². The van der Waals surface area contributed by atoms with Crippen LogP contribution in [0.25, 0.3) is 0 Å². The second-order valence-electron chi connectivity index (χ2n) is 8.52. The van der Waals surface area contributed by atoms with Crippen molar-refractivity contribution in [3.05, 3.63) is 65.2 Å². The van der Waals surface area contributed by atoms with Crippen molar-refractivity contribution in [1.29, 1.82) is 0 Å². The highest BCUT2D eigenvalue weighted by atomic mass is 16.5. The van der Waals surface area contributed by atoms with Crippen LogP contribution < -0.4 is 10.1 Å². The van der Waals surface area contributed by atoms with Gasteiger partial charge < -0.3 is 15.2 Å². The van der Waals surface area contributed by atoms with Crippen molar-refractivity contribution in [3.8, 4) is 5.75 Å². The third-order valence-electron chi connectivity index (χ3n) is 6.97. The van der Waals surface area contributed by atoms with E-state index in [2.05, 4.69) is 42.6 Å². The Labute approximate surface area is 169 Å². The second kappa shape index (κ2) is 8.26. The Hall–Kier alpha value is -1.84. The van der Waals surface area contributed by atoms with Gasteiger partial charge in [-0.25, -0.2) is 0 Å². The first-order chi connectivity index (χ1) is 13.7. The van der Waals surface area contributed by atoms with Gasteiger partial charge in [0.15, 0.2) is 0 Å². The van der Waals surface area contributed by atoms with Crippen LogP contribution in [0.2, 0.25) is 0 Å². The zero-order valence-electron chi connectivity index (χ0n) is 17.0. The molecule has 2 aliphatic carbocycles. The normalized spacial score (nSPS) is 26.4. The lowest BCUT2D eigenvalue weighted by Gasteiger charge is -2.55. The molecule has 1 saturated carbocycles. The number of ether oxygens (including phenoxy) is 1. The third kappa shape index (κ3) is 3.58. The number of hydrogen-bond acceptors (Lipinski definition) is 3. The van der Waals surface area contributed by atoms with Crippen molar-refractivity contribution in [3.63, 3.8) is 0 Å². The van der Waals surface area contributed by atoms with Gasteiger partial charge in [0.2, 0.25) is 0 Å². The number of rotatable bonds is 7. The monoisotopic (exact) mass is 379 g/mol. The van der Waals surface area contributed by atoms with Crippen molar-refractivity contribution in [1.82, 2.24) is 5.32 Å². The van der Waals surface area contributed by atoms with Crippen LogP contribution >= 0.6 is 0 Å². The number of benzene rings is 2. The molecule has 0 bridgehead atoms. The lowest BCUT2D eigenvalue weighted by atomic mass is 9.53. The first-order valence-electron chi connectivity index (χ1n) is 10.9. The lowest BCUT2D eigenvalue weighted by molar-refractivity contribution is -0.0869. The Morgan fingerprint density at radius 2 is 1.86 bits per heavy atom. The average molecular weight is 380 g/mol. The summed E-state index contributed by atoms with van der Waals surface area (Å²) in [6.45, 7) is 4.65. The van der Waals surface area contributed by atoms with E-state index < -0.39 is 5.60 Å². The molecule has 2 aromatic carbocycles. The Morgan fingerprint density at radius 3 is 2.68 bits per heavy atom. The van der Waals surface area contributed by atoms with Gasteiger partial charge in [0.1, 0.15) is 12.4 Å². The zero-order chi connectivity index (χ0) is 19.5. The van der Waals surface area contributed by atoms with Gasteiger partial charge in [-0.05, 0) is 74.0 Å². The second-order valence-corrected chi connectivity index (χ2v) is 8.52. The topological polar surface area (TPSA) is 41.5 Å². The minimum atomic E-state index is -0.578. The molecule has 0 spiro atoms. The fourth-order valence-corrected chi connectivity index (χ4v) is 5.43. The summed E-state index contributed by atoms with van der Waals surface area (Å²) >= 11 is 0. The van der Waals surface area contributed by atoms with Crippen LogP contribution in [-0.4, -0.2) is 23.8 Å². The van der Waals surface area contributed by atoms with Gasteiger partial charge in [0.25, 0.3) is 0 Å². The minimum Gasteiger partial charge on any atom is -0.489 e. The maximum atomic E-state index is 11.7. The Morgan fingerprint density at radius 1 is 1.04 bits per heavy atom. The largest absolute Gasteiger partial charge is 0.489 e. The number of aliphatic hydroxyl groups is 1. The van der Waals surface area contributed by atoms with Crippen LogP contribution in [0.15, 0.2) is 48.5 Å². The zero-order valence-corrected chi connectivity index (χ0v) is 17.0. The van der Waals surface area contributed by atoms with E-state index in [9.17, 15) is 5.11 Å². The summed E-state index contributed by atoms with van der Waals surface area (Å²) in [6, 6.07) is 16.9. The van der Waals surface area contributed by atoms with E-state index in [1.165, 1.54) is 23.1 Å². The molecular formula is C25H33NO2. The number of hydrogen-bond donors (Lipinski definition) is 2. The molecule has 2 aromatic rings.